The highest BCUT2D eigenvalue weighted by molar-refractivity contribution is 6.33. The Kier molecular flexibility index (Phi) is 8.81. The first-order valence-corrected chi connectivity index (χ1v) is 13.0. The number of carbonyl (C=O) groups is 2. The van der Waals surface area contributed by atoms with Crippen LogP contribution in [0.25, 0.3) is 16.5 Å². The van der Waals surface area contributed by atoms with Gasteiger partial charge in [-0.3, -0.25) is 9.59 Å². The Balaban J connectivity index is 1.76. The van der Waals surface area contributed by atoms with E-state index < -0.39 is 17.7 Å². The third-order valence-corrected chi connectivity index (χ3v) is 6.95. The van der Waals surface area contributed by atoms with Gasteiger partial charge in [0.25, 0.3) is 0 Å². The monoisotopic (exact) mass is 560 g/mol. The number of carbonyl (C=O) groups excluding carboxylic acids is 2. The topological polar surface area (TPSA) is 102 Å². The molecule has 208 valence electrons. The maximum atomic E-state index is 16.1. The molecule has 2 amide bonds. The minimum Gasteiger partial charge on any atom is -0.389 e. The number of nitrogens with zero attached hydrogens (tertiary/aromatic N) is 5. The molecule has 0 saturated carbocycles. The van der Waals surface area contributed by atoms with Gasteiger partial charge in [0.05, 0.1) is 11.1 Å². The van der Waals surface area contributed by atoms with Crippen LogP contribution in [0.2, 0.25) is 5.02 Å². The number of benzene rings is 1. The molecule has 2 N–H and O–H groups in total. The lowest BCUT2D eigenvalue weighted by Crippen LogP contribution is -2.48. The van der Waals surface area contributed by atoms with Crippen molar-refractivity contribution < 1.29 is 23.5 Å². The second-order valence-corrected chi connectivity index (χ2v) is 9.96. The number of nitrogens with one attached hydrogen (secondary N) is 1. The molecule has 1 aromatic heterocycles. The number of fused-ring (bicyclic) bond motifs is 1. The summed E-state index contributed by atoms with van der Waals surface area (Å²) in [5.74, 6) is -1.20. The van der Waals surface area contributed by atoms with Gasteiger partial charge in [-0.15, -0.1) is 0 Å². The molecule has 0 radical (unpaired) electrons. The molecule has 1 saturated heterocycles. The van der Waals surface area contributed by atoms with Gasteiger partial charge in [0.15, 0.2) is 5.82 Å². The fourth-order valence-corrected chi connectivity index (χ4v) is 4.87. The molecule has 1 atom stereocenters. The average Bonchev–Trinajstić information content (AvgIpc) is 2.90. The van der Waals surface area contributed by atoms with E-state index in [9.17, 15) is 19.1 Å². The Morgan fingerprint density at radius 2 is 1.95 bits per heavy atom. The summed E-state index contributed by atoms with van der Waals surface area (Å²) in [5, 5.41) is 13.3. The first kappa shape index (κ1) is 28.4. The lowest BCUT2D eigenvalue weighted by atomic mass is 9.93. The first-order valence-electron chi connectivity index (χ1n) is 12.7. The van der Waals surface area contributed by atoms with Crippen molar-refractivity contribution in [1.29, 1.82) is 0 Å². The number of aliphatic hydroxyl groups is 1. The SMILES string of the molecule is C/C=C/C(=O)N1CCN(c2nc(NCCC(=O)N(C)C)nc3c(F)c(C4=C(F)C=CC(O)C4)c(Cl)cc23)CC1. The molecule has 1 aromatic carbocycles. The van der Waals surface area contributed by atoms with Crippen LogP contribution in [-0.2, 0) is 9.59 Å². The molecule has 0 bridgehead atoms. The molecule has 2 aromatic rings. The van der Waals surface area contributed by atoms with Crippen LogP contribution in [-0.4, -0.2) is 89.6 Å². The van der Waals surface area contributed by atoms with E-state index in [-0.39, 0.29) is 58.8 Å². The Morgan fingerprint density at radius 1 is 1.23 bits per heavy atom. The Bertz CT molecular complexity index is 1370. The molecule has 12 heteroatoms. The van der Waals surface area contributed by atoms with Crippen molar-refractivity contribution in [2.45, 2.75) is 25.9 Å². The minimum absolute atomic E-state index is 0.0308. The minimum atomic E-state index is -0.973. The fraction of sp³-hybridized carbons (Fsp3) is 0.407. The number of rotatable bonds is 7. The van der Waals surface area contributed by atoms with Gasteiger partial charge in [-0.05, 0) is 25.1 Å². The zero-order valence-electron chi connectivity index (χ0n) is 22.0. The van der Waals surface area contributed by atoms with Crippen LogP contribution in [0, 0.1) is 5.82 Å². The van der Waals surface area contributed by atoms with Gasteiger partial charge in [0.1, 0.15) is 17.2 Å². The standard InChI is InChI=1S/C27H31ClF2N6O3/c1-4-5-22(39)35-10-12-36(13-11-35)26-18-15-19(28)23(17-14-16(37)6-7-20(17)29)24(30)25(18)32-27(33-26)31-9-8-21(38)34(2)3/h4-7,15-16,37H,8-14H2,1-3H3,(H,31,32,33)/b5-4+. The lowest BCUT2D eigenvalue weighted by molar-refractivity contribution is -0.128. The summed E-state index contributed by atoms with van der Waals surface area (Å²) in [7, 11) is 3.30. The van der Waals surface area contributed by atoms with Gasteiger partial charge in [-0.2, -0.15) is 4.98 Å². The van der Waals surface area contributed by atoms with E-state index in [1.54, 1.807) is 32.0 Å². The number of aromatic nitrogens is 2. The van der Waals surface area contributed by atoms with Crippen molar-refractivity contribution in [3.05, 3.63) is 52.6 Å². The molecule has 0 spiro atoms. The van der Waals surface area contributed by atoms with E-state index in [1.807, 2.05) is 4.90 Å². The number of hydrogen-bond acceptors (Lipinski definition) is 7. The maximum Gasteiger partial charge on any atom is 0.246 e. The molecular weight excluding hydrogens is 530 g/mol. The second kappa shape index (κ2) is 12.1. The lowest BCUT2D eigenvalue weighted by Gasteiger charge is -2.35. The predicted molar refractivity (Wildman–Crippen MR) is 148 cm³/mol. The quantitative estimate of drug-likeness (QED) is 0.499. The number of allylic oxidation sites excluding steroid dienone is 3. The van der Waals surface area contributed by atoms with E-state index in [4.69, 9.17) is 11.6 Å². The second-order valence-electron chi connectivity index (χ2n) is 9.55. The largest absolute Gasteiger partial charge is 0.389 e. The molecular formula is C27H31ClF2N6O3. The van der Waals surface area contributed by atoms with E-state index in [2.05, 4.69) is 15.3 Å². The average molecular weight is 561 g/mol. The highest BCUT2D eigenvalue weighted by Crippen LogP contribution is 2.40. The van der Waals surface area contributed by atoms with Crippen LogP contribution < -0.4 is 10.2 Å². The summed E-state index contributed by atoms with van der Waals surface area (Å²) in [4.78, 5) is 38.4. The third kappa shape index (κ3) is 6.20. The van der Waals surface area contributed by atoms with Crippen molar-refractivity contribution >= 4 is 51.7 Å². The van der Waals surface area contributed by atoms with E-state index >= 15 is 4.39 Å². The fourth-order valence-electron chi connectivity index (χ4n) is 4.56. The van der Waals surface area contributed by atoms with Crippen LogP contribution in [0.3, 0.4) is 0 Å². The van der Waals surface area contributed by atoms with Crippen LogP contribution in [0.4, 0.5) is 20.5 Å². The molecule has 2 heterocycles. The Labute approximate surface area is 230 Å². The predicted octanol–water partition coefficient (Wildman–Crippen LogP) is 3.54. The summed E-state index contributed by atoms with van der Waals surface area (Å²) < 4.78 is 30.8. The van der Waals surface area contributed by atoms with Crippen molar-refractivity contribution in [3.8, 4) is 0 Å². The highest BCUT2D eigenvalue weighted by atomic mass is 35.5. The first-order chi connectivity index (χ1) is 18.6. The summed E-state index contributed by atoms with van der Waals surface area (Å²) >= 11 is 6.51. The number of aliphatic hydroxyl groups excluding tert-OH is 1. The number of hydrogen-bond donors (Lipinski definition) is 2. The van der Waals surface area contributed by atoms with Gasteiger partial charge in [-0.25, -0.2) is 13.8 Å². The zero-order chi connectivity index (χ0) is 28.3. The molecule has 2 aliphatic rings. The Hall–Kier alpha value is -3.57. The van der Waals surface area contributed by atoms with Gasteiger partial charge >= 0.3 is 0 Å². The van der Waals surface area contributed by atoms with E-state index in [1.165, 1.54) is 23.1 Å². The van der Waals surface area contributed by atoms with Crippen LogP contribution >= 0.6 is 11.6 Å². The molecule has 4 rings (SSSR count). The Morgan fingerprint density at radius 3 is 2.62 bits per heavy atom. The van der Waals surface area contributed by atoms with Gasteiger partial charge in [-0.1, -0.05) is 23.8 Å². The van der Waals surface area contributed by atoms with Crippen molar-refractivity contribution in [2.24, 2.45) is 0 Å². The summed E-state index contributed by atoms with van der Waals surface area (Å²) in [5.41, 5.74) is -0.278. The van der Waals surface area contributed by atoms with Crippen LogP contribution in [0.1, 0.15) is 25.3 Å². The summed E-state index contributed by atoms with van der Waals surface area (Å²) in [6.45, 7) is 3.74. The molecule has 9 nitrogen and oxygen atoms in total. The highest BCUT2D eigenvalue weighted by Gasteiger charge is 2.28. The number of halogens is 3. The molecule has 1 aliphatic carbocycles. The van der Waals surface area contributed by atoms with Crippen molar-refractivity contribution in [3.63, 3.8) is 0 Å². The zero-order valence-corrected chi connectivity index (χ0v) is 22.8. The number of piperazine rings is 1. The third-order valence-electron chi connectivity index (χ3n) is 6.65. The van der Waals surface area contributed by atoms with Crippen molar-refractivity contribution in [2.75, 3.05) is 57.0 Å². The van der Waals surface area contributed by atoms with Crippen molar-refractivity contribution in [1.82, 2.24) is 19.8 Å². The summed E-state index contributed by atoms with van der Waals surface area (Å²) in [6.07, 6.45) is 4.65. The number of anilines is 2. The van der Waals surface area contributed by atoms with Crippen LogP contribution in [0.5, 0.6) is 0 Å². The maximum absolute atomic E-state index is 16.1. The normalized spacial score (nSPS) is 17.9. The molecule has 1 fully saturated rings. The molecule has 1 unspecified atom stereocenters. The number of amides is 2. The van der Waals surface area contributed by atoms with E-state index in [0.717, 1.165) is 6.08 Å². The van der Waals surface area contributed by atoms with Crippen LogP contribution in [0.15, 0.2) is 36.2 Å². The van der Waals surface area contributed by atoms with Gasteiger partial charge in [0, 0.05) is 76.2 Å². The molecule has 1 aliphatic heterocycles. The molecule has 39 heavy (non-hydrogen) atoms. The summed E-state index contributed by atoms with van der Waals surface area (Å²) in [6, 6.07) is 1.51. The smallest absolute Gasteiger partial charge is 0.246 e. The van der Waals surface area contributed by atoms with Gasteiger partial charge in [0.2, 0.25) is 17.8 Å². The van der Waals surface area contributed by atoms with Gasteiger partial charge < -0.3 is 25.1 Å². The van der Waals surface area contributed by atoms with E-state index in [0.29, 0.717) is 37.4 Å².